The number of hydrogen-bond donors (Lipinski definition) is 1. The predicted octanol–water partition coefficient (Wildman–Crippen LogP) is 1.72. The van der Waals surface area contributed by atoms with Crippen molar-refractivity contribution in [1.82, 2.24) is 4.98 Å². The summed E-state index contributed by atoms with van der Waals surface area (Å²) in [6, 6.07) is 0. The topological polar surface area (TPSA) is 76.5 Å². The van der Waals surface area contributed by atoms with Crippen molar-refractivity contribution in [3.8, 4) is 5.75 Å². The zero-order valence-electron chi connectivity index (χ0n) is 9.85. The maximum Gasteiger partial charge on any atom is 0.328 e. The number of carbonyl (C=O) groups is 2. The van der Waals surface area contributed by atoms with Gasteiger partial charge in [0.2, 0.25) is 0 Å². The number of aromatic nitrogens is 1. The van der Waals surface area contributed by atoms with Gasteiger partial charge in [-0.3, -0.25) is 9.78 Å². The van der Waals surface area contributed by atoms with Crippen LogP contribution in [0.5, 0.6) is 5.75 Å². The number of aliphatic carboxylic acids is 1. The van der Waals surface area contributed by atoms with E-state index in [9.17, 15) is 9.59 Å². The van der Waals surface area contributed by atoms with Gasteiger partial charge >= 0.3 is 11.9 Å². The average molecular weight is 235 g/mol. The Balaban J connectivity index is 3.18. The summed E-state index contributed by atoms with van der Waals surface area (Å²) >= 11 is 0. The number of pyridine rings is 1. The lowest BCUT2D eigenvalue weighted by atomic mass is 10.1. The van der Waals surface area contributed by atoms with E-state index in [0.29, 0.717) is 22.6 Å². The summed E-state index contributed by atoms with van der Waals surface area (Å²) in [5.41, 5.74) is 1.88. The van der Waals surface area contributed by atoms with Gasteiger partial charge in [-0.2, -0.15) is 0 Å². The maximum atomic E-state index is 10.9. The second kappa shape index (κ2) is 5.25. The van der Waals surface area contributed by atoms with Crippen LogP contribution in [0.3, 0.4) is 0 Å². The number of rotatable bonds is 3. The summed E-state index contributed by atoms with van der Waals surface area (Å²) in [7, 11) is 0. The van der Waals surface area contributed by atoms with Crippen LogP contribution in [0, 0.1) is 13.8 Å². The highest BCUT2D eigenvalue weighted by molar-refractivity contribution is 5.85. The van der Waals surface area contributed by atoms with Crippen molar-refractivity contribution in [3.05, 3.63) is 29.1 Å². The minimum absolute atomic E-state index is 0.380. The van der Waals surface area contributed by atoms with Crippen molar-refractivity contribution in [2.45, 2.75) is 20.8 Å². The number of carboxylic acids is 1. The van der Waals surface area contributed by atoms with Crippen molar-refractivity contribution in [1.29, 1.82) is 0 Å². The Bertz CT molecular complexity index is 492. The molecule has 90 valence electrons. The normalized spacial score (nSPS) is 10.5. The highest BCUT2D eigenvalue weighted by atomic mass is 16.5. The monoisotopic (exact) mass is 235 g/mol. The predicted molar refractivity (Wildman–Crippen MR) is 61.7 cm³/mol. The van der Waals surface area contributed by atoms with Gasteiger partial charge in [0.15, 0.2) is 5.75 Å². The van der Waals surface area contributed by atoms with E-state index in [4.69, 9.17) is 9.84 Å². The van der Waals surface area contributed by atoms with Crippen LogP contribution in [0.15, 0.2) is 12.3 Å². The summed E-state index contributed by atoms with van der Waals surface area (Å²) in [6.07, 6.45) is 3.96. The van der Waals surface area contributed by atoms with Crippen molar-refractivity contribution >= 4 is 18.0 Å². The van der Waals surface area contributed by atoms with Gasteiger partial charge in [0, 0.05) is 24.8 Å². The van der Waals surface area contributed by atoms with Gasteiger partial charge < -0.3 is 9.84 Å². The minimum Gasteiger partial charge on any atom is -0.478 e. The molecule has 1 aromatic heterocycles. The molecule has 0 unspecified atom stereocenters. The fourth-order valence-corrected chi connectivity index (χ4v) is 1.35. The van der Waals surface area contributed by atoms with Crippen LogP contribution >= 0.6 is 0 Å². The van der Waals surface area contributed by atoms with Gasteiger partial charge in [-0.05, 0) is 25.5 Å². The van der Waals surface area contributed by atoms with E-state index in [1.165, 1.54) is 19.2 Å². The largest absolute Gasteiger partial charge is 0.478 e. The van der Waals surface area contributed by atoms with Crippen molar-refractivity contribution in [2.75, 3.05) is 0 Å². The number of esters is 1. The van der Waals surface area contributed by atoms with Crippen molar-refractivity contribution in [2.24, 2.45) is 0 Å². The maximum absolute atomic E-state index is 10.9. The number of hydrogen-bond acceptors (Lipinski definition) is 4. The molecule has 1 aromatic rings. The number of carboxylic acid groups (broad SMARTS) is 1. The molecule has 0 aliphatic carbocycles. The van der Waals surface area contributed by atoms with Gasteiger partial charge in [-0.15, -0.1) is 0 Å². The van der Waals surface area contributed by atoms with Gasteiger partial charge in [-0.25, -0.2) is 4.79 Å². The van der Waals surface area contributed by atoms with E-state index < -0.39 is 11.9 Å². The van der Waals surface area contributed by atoms with E-state index in [0.717, 1.165) is 6.08 Å². The Labute approximate surface area is 98.7 Å². The Hall–Kier alpha value is -2.17. The molecule has 0 spiro atoms. The second-order valence-corrected chi connectivity index (χ2v) is 3.52. The van der Waals surface area contributed by atoms with Gasteiger partial charge in [0.1, 0.15) is 0 Å². The van der Waals surface area contributed by atoms with Gasteiger partial charge in [0.25, 0.3) is 0 Å². The lowest BCUT2D eigenvalue weighted by molar-refractivity contribution is -0.132. The van der Waals surface area contributed by atoms with Crippen LogP contribution in [0.4, 0.5) is 0 Å². The van der Waals surface area contributed by atoms with E-state index in [2.05, 4.69) is 4.98 Å². The Morgan fingerprint density at radius 2 is 2.06 bits per heavy atom. The van der Waals surface area contributed by atoms with Crippen LogP contribution in [0.2, 0.25) is 0 Å². The SMILES string of the molecule is CC(=O)Oc1c(C)ncc(C=CC(=O)O)c1C. The molecule has 0 bridgehead atoms. The molecule has 5 heteroatoms. The summed E-state index contributed by atoms with van der Waals surface area (Å²) in [4.78, 5) is 25.4. The van der Waals surface area contributed by atoms with E-state index in [1.807, 2.05) is 0 Å². The van der Waals surface area contributed by atoms with E-state index in [1.54, 1.807) is 13.8 Å². The standard InChI is InChI=1S/C12H13NO4/c1-7-10(4-5-11(15)16)6-13-8(2)12(7)17-9(3)14/h4-6H,1-3H3,(H,15,16). The molecule has 1 N–H and O–H groups in total. The molecule has 0 atom stereocenters. The van der Waals surface area contributed by atoms with E-state index >= 15 is 0 Å². The average Bonchev–Trinajstić information content (AvgIpc) is 2.22. The lowest BCUT2D eigenvalue weighted by Crippen LogP contribution is -2.06. The fourth-order valence-electron chi connectivity index (χ4n) is 1.35. The molecule has 0 saturated heterocycles. The fraction of sp³-hybridized carbons (Fsp3) is 0.250. The van der Waals surface area contributed by atoms with Gasteiger partial charge in [-0.1, -0.05) is 0 Å². The quantitative estimate of drug-likeness (QED) is 0.637. The number of aryl methyl sites for hydroxylation is 1. The second-order valence-electron chi connectivity index (χ2n) is 3.52. The summed E-state index contributed by atoms with van der Waals surface area (Å²) < 4.78 is 5.04. The van der Waals surface area contributed by atoms with Crippen LogP contribution < -0.4 is 4.74 Å². The number of carbonyl (C=O) groups excluding carboxylic acids is 1. The molecule has 0 aliphatic heterocycles. The van der Waals surface area contributed by atoms with Crippen molar-refractivity contribution in [3.63, 3.8) is 0 Å². The van der Waals surface area contributed by atoms with E-state index in [-0.39, 0.29) is 0 Å². The Morgan fingerprint density at radius 1 is 1.41 bits per heavy atom. The highest BCUT2D eigenvalue weighted by Crippen LogP contribution is 2.25. The Morgan fingerprint density at radius 3 is 2.59 bits per heavy atom. The number of ether oxygens (including phenoxy) is 1. The first-order valence-electron chi connectivity index (χ1n) is 4.97. The summed E-state index contributed by atoms with van der Waals surface area (Å²) in [5, 5.41) is 8.54. The third-order valence-corrected chi connectivity index (χ3v) is 2.15. The first kappa shape index (κ1) is 12.9. The first-order chi connectivity index (χ1) is 7.91. The van der Waals surface area contributed by atoms with Crippen LogP contribution in [-0.2, 0) is 9.59 Å². The molecule has 17 heavy (non-hydrogen) atoms. The molecular formula is C12H13NO4. The molecule has 5 nitrogen and oxygen atoms in total. The zero-order chi connectivity index (χ0) is 13.0. The number of nitrogens with zero attached hydrogens (tertiary/aromatic N) is 1. The summed E-state index contributed by atoms with van der Waals surface area (Å²) in [5.74, 6) is -1.10. The lowest BCUT2D eigenvalue weighted by Gasteiger charge is -2.10. The highest BCUT2D eigenvalue weighted by Gasteiger charge is 2.10. The molecule has 0 saturated carbocycles. The van der Waals surface area contributed by atoms with Crippen LogP contribution in [-0.4, -0.2) is 22.0 Å². The van der Waals surface area contributed by atoms with Crippen LogP contribution in [0.25, 0.3) is 6.08 Å². The smallest absolute Gasteiger partial charge is 0.328 e. The molecule has 0 radical (unpaired) electrons. The van der Waals surface area contributed by atoms with Crippen LogP contribution in [0.1, 0.15) is 23.7 Å². The van der Waals surface area contributed by atoms with Crippen molar-refractivity contribution < 1.29 is 19.4 Å². The first-order valence-corrected chi connectivity index (χ1v) is 4.97. The molecule has 0 aliphatic rings. The third kappa shape index (κ3) is 3.41. The molecule has 0 aromatic carbocycles. The molecular weight excluding hydrogens is 222 g/mol. The molecule has 0 fully saturated rings. The molecule has 1 heterocycles. The Kier molecular flexibility index (Phi) is 3.98. The molecule has 0 amide bonds. The van der Waals surface area contributed by atoms with Gasteiger partial charge in [0.05, 0.1) is 5.69 Å². The minimum atomic E-state index is -1.04. The third-order valence-electron chi connectivity index (χ3n) is 2.15. The zero-order valence-corrected chi connectivity index (χ0v) is 9.85. The summed E-state index contributed by atoms with van der Waals surface area (Å²) in [6.45, 7) is 4.77. The molecule has 1 rings (SSSR count).